The Morgan fingerprint density at radius 3 is 2.65 bits per heavy atom. The zero-order chi connectivity index (χ0) is 11.7. The minimum absolute atomic E-state index is 0.259. The molecular weight excluding hydrogens is 212 g/mol. The van der Waals surface area contributed by atoms with Gasteiger partial charge in [0.15, 0.2) is 0 Å². The molecule has 2 N–H and O–H groups in total. The van der Waals surface area contributed by atoms with Gasteiger partial charge in [-0.1, -0.05) is 19.3 Å². The Hall–Kier alpha value is -0.120. The van der Waals surface area contributed by atoms with E-state index < -0.39 is 0 Å². The van der Waals surface area contributed by atoms with Crippen LogP contribution in [0.4, 0.5) is 0 Å². The largest absolute Gasteiger partial charge is 0.375 e. The number of hydrogen-bond donors (Lipinski definition) is 1. The van der Waals surface area contributed by atoms with Crippen LogP contribution in [-0.4, -0.2) is 42.8 Å². The minimum atomic E-state index is 0.259. The normalized spacial score (nSPS) is 34.8. The van der Waals surface area contributed by atoms with Crippen molar-refractivity contribution in [3.63, 3.8) is 0 Å². The first kappa shape index (κ1) is 11.9. The van der Waals surface area contributed by atoms with Crippen LogP contribution in [0.15, 0.2) is 0 Å². The molecule has 98 valence electrons. The summed E-state index contributed by atoms with van der Waals surface area (Å²) in [4.78, 5) is 2.65. The second-order valence-electron chi connectivity index (χ2n) is 6.29. The van der Waals surface area contributed by atoms with Gasteiger partial charge in [-0.25, -0.2) is 0 Å². The number of ether oxygens (including phenoxy) is 1. The van der Waals surface area contributed by atoms with Crippen LogP contribution in [0.25, 0.3) is 0 Å². The molecule has 17 heavy (non-hydrogen) atoms. The highest BCUT2D eigenvalue weighted by Gasteiger charge is 2.42. The highest BCUT2D eigenvalue weighted by atomic mass is 16.5. The van der Waals surface area contributed by atoms with E-state index in [1.165, 1.54) is 58.0 Å². The molecule has 0 bridgehead atoms. The molecule has 0 radical (unpaired) electrons. The molecule has 1 atom stereocenters. The van der Waals surface area contributed by atoms with Gasteiger partial charge in [0, 0.05) is 25.7 Å². The van der Waals surface area contributed by atoms with Crippen molar-refractivity contribution in [1.82, 2.24) is 4.90 Å². The molecule has 1 unspecified atom stereocenters. The van der Waals surface area contributed by atoms with Crippen molar-refractivity contribution in [2.75, 3.05) is 26.2 Å². The Balaban J connectivity index is 1.56. The lowest BCUT2D eigenvalue weighted by Gasteiger charge is -2.51. The summed E-state index contributed by atoms with van der Waals surface area (Å²) < 4.78 is 6.16. The van der Waals surface area contributed by atoms with Gasteiger partial charge in [0.1, 0.15) is 0 Å². The lowest BCUT2D eigenvalue weighted by molar-refractivity contribution is -0.135. The smallest absolute Gasteiger partial charge is 0.0697 e. The van der Waals surface area contributed by atoms with Crippen LogP contribution in [0.2, 0.25) is 0 Å². The molecule has 1 saturated carbocycles. The van der Waals surface area contributed by atoms with Crippen molar-refractivity contribution < 1.29 is 4.74 Å². The lowest BCUT2D eigenvalue weighted by Crippen LogP contribution is -2.58. The molecule has 1 spiro atoms. The summed E-state index contributed by atoms with van der Waals surface area (Å²) in [5, 5.41) is 0. The summed E-state index contributed by atoms with van der Waals surface area (Å²) in [6, 6.07) is 0.782. The molecule has 3 rings (SSSR count). The van der Waals surface area contributed by atoms with Crippen LogP contribution in [0.3, 0.4) is 0 Å². The van der Waals surface area contributed by atoms with Crippen molar-refractivity contribution in [2.24, 2.45) is 11.7 Å². The number of rotatable bonds is 2. The maximum Gasteiger partial charge on any atom is 0.0697 e. The van der Waals surface area contributed by atoms with Crippen molar-refractivity contribution in [2.45, 2.75) is 56.6 Å². The fourth-order valence-electron chi connectivity index (χ4n) is 3.92. The van der Waals surface area contributed by atoms with E-state index in [-0.39, 0.29) is 5.60 Å². The predicted octanol–water partition coefficient (Wildman–Crippen LogP) is 1.76. The van der Waals surface area contributed by atoms with E-state index in [4.69, 9.17) is 10.5 Å². The summed E-state index contributed by atoms with van der Waals surface area (Å²) in [5.74, 6) is 0.764. The highest BCUT2D eigenvalue weighted by molar-refractivity contribution is 4.96. The SMILES string of the molecule is NCC1CN(C2CCOC3(CCCCC3)C2)C1. The quantitative estimate of drug-likeness (QED) is 0.796. The first-order valence-electron chi connectivity index (χ1n) is 7.39. The second-order valence-corrected chi connectivity index (χ2v) is 6.29. The fourth-order valence-corrected chi connectivity index (χ4v) is 3.92. The number of likely N-dealkylation sites (tertiary alicyclic amines) is 1. The van der Waals surface area contributed by atoms with E-state index >= 15 is 0 Å². The molecule has 0 aromatic rings. The maximum atomic E-state index is 6.16. The summed E-state index contributed by atoms with van der Waals surface area (Å²) in [6.45, 7) is 4.31. The number of hydrogen-bond acceptors (Lipinski definition) is 3. The van der Waals surface area contributed by atoms with Gasteiger partial charge in [0.05, 0.1) is 5.60 Å². The van der Waals surface area contributed by atoms with E-state index in [1.54, 1.807) is 0 Å². The first-order valence-corrected chi connectivity index (χ1v) is 7.39. The molecule has 2 saturated heterocycles. The van der Waals surface area contributed by atoms with Crippen LogP contribution < -0.4 is 5.73 Å². The van der Waals surface area contributed by atoms with Crippen LogP contribution >= 0.6 is 0 Å². The highest BCUT2D eigenvalue weighted by Crippen LogP contribution is 2.40. The Morgan fingerprint density at radius 1 is 1.18 bits per heavy atom. The van der Waals surface area contributed by atoms with Crippen LogP contribution in [0, 0.1) is 5.92 Å². The first-order chi connectivity index (χ1) is 8.31. The van der Waals surface area contributed by atoms with Gasteiger partial charge in [-0.15, -0.1) is 0 Å². The molecule has 3 aliphatic rings. The van der Waals surface area contributed by atoms with Gasteiger partial charge in [-0.3, -0.25) is 4.90 Å². The summed E-state index contributed by atoms with van der Waals surface area (Å²) >= 11 is 0. The molecule has 3 fully saturated rings. The molecule has 0 aromatic heterocycles. The Kier molecular flexibility index (Phi) is 3.42. The van der Waals surface area contributed by atoms with Gasteiger partial charge in [0.2, 0.25) is 0 Å². The van der Waals surface area contributed by atoms with E-state index in [9.17, 15) is 0 Å². The topological polar surface area (TPSA) is 38.5 Å². The maximum absolute atomic E-state index is 6.16. The van der Waals surface area contributed by atoms with Gasteiger partial charge < -0.3 is 10.5 Å². The average molecular weight is 238 g/mol. The zero-order valence-corrected chi connectivity index (χ0v) is 10.9. The summed E-state index contributed by atoms with van der Waals surface area (Å²) in [7, 11) is 0. The van der Waals surface area contributed by atoms with Crippen LogP contribution in [0.1, 0.15) is 44.9 Å². The third-order valence-corrected chi connectivity index (χ3v) is 5.07. The summed E-state index contributed by atoms with van der Waals surface area (Å²) in [6.07, 6.45) is 9.28. The Morgan fingerprint density at radius 2 is 1.94 bits per heavy atom. The lowest BCUT2D eigenvalue weighted by atomic mass is 9.77. The molecule has 3 nitrogen and oxygen atoms in total. The monoisotopic (exact) mass is 238 g/mol. The molecule has 2 aliphatic heterocycles. The van der Waals surface area contributed by atoms with Crippen molar-refractivity contribution in [1.29, 1.82) is 0 Å². The van der Waals surface area contributed by atoms with E-state index in [0.717, 1.165) is 25.1 Å². The zero-order valence-electron chi connectivity index (χ0n) is 10.9. The number of nitrogens with two attached hydrogens (primary N) is 1. The molecule has 0 amide bonds. The van der Waals surface area contributed by atoms with Crippen LogP contribution in [-0.2, 0) is 4.74 Å². The van der Waals surface area contributed by atoms with Crippen molar-refractivity contribution in [3.05, 3.63) is 0 Å². The minimum Gasteiger partial charge on any atom is -0.375 e. The average Bonchev–Trinajstić information content (AvgIpc) is 2.29. The van der Waals surface area contributed by atoms with Gasteiger partial charge in [0.25, 0.3) is 0 Å². The third kappa shape index (κ3) is 2.38. The Labute approximate surface area is 105 Å². The Bertz CT molecular complexity index is 251. The fraction of sp³-hybridized carbons (Fsp3) is 1.00. The summed E-state index contributed by atoms with van der Waals surface area (Å²) in [5.41, 5.74) is 5.97. The van der Waals surface area contributed by atoms with E-state index in [0.29, 0.717) is 0 Å². The van der Waals surface area contributed by atoms with Gasteiger partial charge in [-0.2, -0.15) is 0 Å². The van der Waals surface area contributed by atoms with Gasteiger partial charge in [-0.05, 0) is 38.1 Å². The standard InChI is InChI=1S/C14H26N2O/c15-9-12-10-16(11-12)13-4-7-17-14(8-13)5-2-1-3-6-14/h12-13H,1-11,15H2. The molecule has 0 aromatic carbocycles. The van der Waals surface area contributed by atoms with E-state index in [1.807, 2.05) is 0 Å². The molecular formula is C14H26N2O. The van der Waals surface area contributed by atoms with Crippen molar-refractivity contribution >= 4 is 0 Å². The second kappa shape index (κ2) is 4.87. The third-order valence-electron chi connectivity index (χ3n) is 5.07. The predicted molar refractivity (Wildman–Crippen MR) is 68.9 cm³/mol. The van der Waals surface area contributed by atoms with Crippen molar-refractivity contribution in [3.8, 4) is 0 Å². The molecule has 2 heterocycles. The molecule has 1 aliphatic carbocycles. The van der Waals surface area contributed by atoms with E-state index in [2.05, 4.69) is 4.90 Å². The molecule has 3 heteroatoms. The van der Waals surface area contributed by atoms with Crippen LogP contribution in [0.5, 0.6) is 0 Å². The number of nitrogens with zero attached hydrogens (tertiary/aromatic N) is 1. The van der Waals surface area contributed by atoms with Gasteiger partial charge >= 0.3 is 0 Å².